The number of hydrogen-bond acceptors (Lipinski definition) is 4. The van der Waals surface area contributed by atoms with E-state index in [2.05, 4.69) is 17.3 Å². The lowest BCUT2D eigenvalue weighted by atomic mass is 9.98. The number of rotatable bonds is 9. The molecule has 1 unspecified atom stereocenters. The van der Waals surface area contributed by atoms with E-state index in [0.29, 0.717) is 0 Å². The second-order valence-electron chi connectivity index (χ2n) is 5.10. The number of ether oxygens (including phenoxy) is 2. The van der Waals surface area contributed by atoms with E-state index in [0.717, 1.165) is 38.6 Å². The van der Waals surface area contributed by atoms with Crippen LogP contribution in [0.2, 0.25) is 0 Å². The zero-order valence-electron chi connectivity index (χ0n) is 12.3. The third kappa shape index (κ3) is 6.69. The average Bonchev–Trinajstić information content (AvgIpc) is 2.35. The standard InChI is InChI=1S/C14H30N2O2/c1-4-17-14(18-5-2)8-9-15-11-13-7-6-10-16(3)12-13/h13-15H,4-12H2,1-3H3. The molecular formula is C14H30N2O2. The van der Waals surface area contributed by atoms with Crippen LogP contribution in [0.4, 0.5) is 0 Å². The van der Waals surface area contributed by atoms with E-state index >= 15 is 0 Å². The molecule has 108 valence electrons. The molecule has 1 atom stereocenters. The van der Waals surface area contributed by atoms with Gasteiger partial charge in [0.25, 0.3) is 0 Å². The molecule has 18 heavy (non-hydrogen) atoms. The van der Waals surface area contributed by atoms with Crippen LogP contribution in [0.1, 0.15) is 33.1 Å². The van der Waals surface area contributed by atoms with E-state index in [9.17, 15) is 0 Å². The van der Waals surface area contributed by atoms with Crippen molar-refractivity contribution in [3.63, 3.8) is 0 Å². The fourth-order valence-electron chi connectivity index (χ4n) is 2.55. The molecule has 0 saturated carbocycles. The van der Waals surface area contributed by atoms with Gasteiger partial charge in [0.1, 0.15) is 0 Å². The lowest BCUT2D eigenvalue weighted by Gasteiger charge is -2.30. The van der Waals surface area contributed by atoms with Gasteiger partial charge < -0.3 is 19.7 Å². The van der Waals surface area contributed by atoms with Gasteiger partial charge in [0.2, 0.25) is 0 Å². The van der Waals surface area contributed by atoms with Crippen LogP contribution in [0, 0.1) is 5.92 Å². The number of hydrogen-bond donors (Lipinski definition) is 1. The van der Waals surface area contributed by atoms with Gasteiger partial charge in [-0.25, -0.2) is 0 Å². The number of nitrogens with zero attached hydrogens (tertiary/aromatic N) is 1. The Morgan fingerprint density at radius 3 is 2.61 bits per heavy atom. The van der Waals surface area contributed by atoms with Gasteiger partial charge in [-0.05, 0) is 59.3 Å². The summed E-state index contributed by atoms with van der Waals surface area (Å²) < 4.78 is 11.0. The summed E-state index contributed by atoms with van der Waals surface area (Å²) in [6.07, 6.45) is 3.59. The molecule has 0 aromatic rings. The van der Waals surface area contributed by atoms with Gasteiger partial charge in [0.15, 0.2) is 6.29 Å². The van der Waals surface area contributed by atoms with E-state index < -0.39 is 0 Å². The van der Waals surface area contributed by atoms with Gasteiger partial charge >= 0.3 is 0 Å². The SMILES string of the molecule is CCOC(CCNCC1CCCN(C)C1)OCC. The van der Waals surface area contributed by atoms with Gasteiger partial charge in [0.05, 0.1) is 0 Å². The van der Waals surface area contributed by atoms with Gasteiger partial charge in [-0.1, -0.05) is 0 Å². The molecule has 0 aromatic heterocycles. The van der Waals surface area contributed by atoms with Crippen molar-refractivity contribution in [3.05, 3.63) is 0 Å². The largest absolute Gasteiger partial charge is 0.353 e. The summed E-state index contributed by atoms with van der Waals surface area (Å²) in [7, 11) is 2.21. The molecular weight excluding hydrogens is 228 g/mol. The van der Waals surface area contributed by atoms with Gasteiger partial charge in [-0.15, -0.1) is 0 Å². The molecule has 4 heteroatoms. The zero-order valence-corrected chi connectivity index (χ0v) is 12.3. The van der Waals surface area contributed by atoms with Crippen molar-refractivity contribution in [2.24, 2.45) is 5.92 Å². The first kappa shape index (κ1) is 15.9. The zero-order chi connectivity index (χ0) is 13.2. The molecule has 0 aromatic carbocycles. The molecule has 1 N–H and O–H groups in total. The summed E-state index contributed by atoms with van der Waals surface area (Å²) >= 11 is 0. The van der Waals surface area contributed by atoms with Crippen molar-refractivity contribution in [3.8, 4) is 0 Å². The quantitative estimate of drug-likeness (QED) is 0.504. The Hall–Kier alpha value is -0.160. The Balaban J connectivity index is 2.05. The lowest BCUT2D eigenvalue weighted by Crippen LogP contribution is -2.38. The van der Waals surface area contributed by atoms with Crippen LogP contribution >= 0.6 is 0 Å². The Morgan fingerprint density at radius 1 is 1.28 bits per heavy atom. The predicted molar refractivity (Wildman–Crippen MR) is 74.7 cm³/mol. The first-order valence-electron chi connectivity index (χ1n) is 7.38. The van der Waals surface area contributed by atoms with Crippen molar-refractivity contribution >= 4 is 0 Å². The molecule has 0 aliphatic carbocycles. The molecule has 1 rings (SSSR count). The highest BCUT2D eigenvalue weighted by Gasteiger charge is 2.16. The first-order chi connectivity index (χ1) is 8.76. The third-order valence-corrected chi connectivity index (χ3v) is 3.42. The van der Waals surface area contributed by atoms with E-state index in [1.807, 2.05) is 13.8 Å². The maximum Gasteiger partial charge on any atom is 0.158 e. The summed E-state index contributed by atoms with van der Waals surface area (Å²) in [5.74, 6) is 0.807. The molecule has 4 nitrogen and oxygen atoms in total. The molecule has 0 amide bonds. The Kier molecular flexibility index (Phi) is 8.59. The van der Waals surface area contributed by atoms with Crippen molar-refractivity contribution < 1.29 is 9.47 Å². The monoisotopic (exact) mass is 258 g/mol. The molecule has 0 spiro atoms. The summed E-state index contributed by atoms with van der Waals surface area (Å²) in [5.41, 5.74) is 0. The first-order valence-corrected chi connectivity index (χ1v) is 7.38. The summed E-state index contributed by atoms with van der Waals surface area (Å²) in [4.78, 5) is 2.43. The molecule has 1 aliphatic heterocycles. The lowest BCUT2D eigenvalue weighted by molar-refractivity contribution is -0.138. The molecule has 1 saturated heterocycles. The third-order valence-electron chi connectivity index (χ3n) is 3.42. The molecule has 0 radical (unpaired) electrons. The normalized spacial score (nSPS) is 21.7. The minimum absolute atomic E-state index is 0.0403. The second-order valence-corrected chi connectivity index (χ2v) is 5.10. The summed E-state index contributed by atoms with van der Waals surface area (Å²) in [6.45, 7) is 10.0. The summed E-state index contributed by atoms with van der Waals surface area (Å²) in [6, 6.07) is 0. The number of likely N-dealkylation sites (tertiary alicyclic amines) is 1. The molecule has 1 heterocycles. The topological polar surface area (TPSA) is 33.7 Å². The van der Waals surface area contributed by atoms with Gasteiger partial charge in [-0.2, -0.15) is 0 Å². The fourth-order valence-corrected chi connectivity index (χ4v) is 2.55. The fraction of sp³-hybridized carbons (Fsp3) is 1.00. The number of piperidine rings is 1. The van der Waals surface area contributed by atoms with Crippen LogP contribution in [0.15, 0.2) is 0 Å². The Labute approximate surface area is 112 Å². The van der Waals surface area contributed by atoms with Gasteiger partial charge in [-0.3, -0.25) is 0 Å². The minimum Gasteiger partial charge on any atom is -0.353 e. The highest BCUT2D eigenvalue weighted by Crippen LogP contribution is 2.13. The van der Waals surface area contributed by atoms with Crippen molar-refractivity contribution in [2.75, 3.05) is 46.4 Å². The highest BCUT2D eigenvalue weighted by atomic mass is 16.7. The van der Waals surface area contributed by atoms with Crippen molar-refractivity contribution in [1.29, 1.82) is 0 Å². The Bertz CT molecular complexity index is 189. The highest BCUT2D eigenvalue weighted by molar-refractivity contribution is 4.72. The van der Waals surface area contributed by atoms with Crippen LogP contribution in [-0.2, 0) is 9.47 Å². The van der Waals surface area contributed by atoms with Crippen LogP contribution in [0.5, 0.6) is 0 Å². The average molecular weight is 258 g/mol. The Morgan fingerprint density at radius 2 is 2.00 bits per heavy atom. The van der Waals surface area contributed by atoms with E-state index in [-0.39, 0.29) is 6.29 Å². The van der Waals surface area contributed by atoms with E-state index in [1.165, 1.54) is 25.9 Å². The maximum atomic E-state index is 5.52. The van der Waals surface area contributed by atoms with Crippen LogP contribution in [-0.4, -0.2) is 57.6 Å². The number of nitrogens with one attached hydrogen (secondary N) is 1. The van der Waals surface area contributed by atoms with Crippen molar-refractivity contribution in [1.82, 2.24) is 10.2 Å². The predicted octanol–water partition coefficient (Wildman–Crippen LogP) is 1.71. The van der Waals surface area contributed by atoms with Crippen molar-refractivity contribution in [2.45, 2.75) is 39.4 Å². The second kappa shape index (κ2) is 9.73. The maximum absolute atomic E-state index is 5.52. The molecule has 1 aliphatic rings. The molecule has 1 fully saturated rings. The van der Waals surface area contributed by atoms with E-state index in [1.54, 1.807) is 0 Å². The van der Waals surface area contributed by atoms with Crippen LogP contribution in [0.3, 0.4) is 0 Å². The smallest absolute Gasteiger partial charge is 0.158 e. The van der Waals surface area contributed by atoms with E-state index in [4.69, 9.17) is 9.47 Å². The minimum atomic E-state index is -0.0403. The molecule has 0 bridgehead atoms. The van der Waals surface area contributed by atoms with Crippen LogP contribution in [0.25, 0.3) is 0 Å². The summed E-state index contributed by atoms with van der Waals surface area (Å²) in [5, 5.41) is 3.54. The van der Waals surface area contributed by atoms with Crippen LogP contribution < -0.4 is 5.32 Å². The van der Waals surface area contributed by atoms with Gasteiger partial charge in [0, 0.05) is 26.2 Å².